The molecule has 21 heavy (non-hydrogen) atoms. The van der Waals surface area contributed by atoms with Crippen LogP contribution in [0.1, 0.15) is 38.2 Å². The van der Waals surface area contributed by atoms with E-state index in [2.05, 4.69) is 11.6 Å². The van der Waals surface area contributed by atoms with Crippen LogP contribution in [0.25, 0.3) is 0 Å². The first kappa shape index (κ1) is 16.7. The van der Waals surface area contributed by atoms with Crippen LogP contribution < -0.4 is 4.72 Å². The Morgan fingerprint density at radius 2 is 1.95 bits per heavy atom. The molecule has 0 aromatic heterocycles. The lowest BCUT2D eigenvalue weighted by Gasteiger charge is -2.26. The zero-order chi connectivity index (χ0) is 15.6. The third kappa shape index (κ3) is 3.94. The molecule has 0 atom stereocenters. The summed E-state index contributed by atoms with van der Waals surface area (Å²) in [7, 11) is -3.98. The van der Waals surface area contributed by atoms with Crippen molar-refractivity contribution in [3.8, 4) is 0 Å². The van der Waals surface area contributed by atoms with E-state index >= 15 is 0 Å². The molecular formula is C14H19ClFNO3S. The van der Waals surface area contributed by atoms with Crippen molar-refractivity contribution in [3.05, 3.63) is 28.5 Å². The Bertz CT molecular complexity index is 613. The molecule has 0 unspecified atom stereocenters. The van der Waals surface area contributed by atoms with Crippen LogP contribution in [0.3, 0.4) is 0 Å². The van der Waals surface area contributed by atoms with Crippen LogP contribution in [0.4, 0.5) is 4.39 Å². The van der Waals surface area contributed by atoms with Gasteiger partial charge in [-0.2, -0.15) is 0 Å². The van der Waals surface area contributed by atoms with Gasteiger partial charge in [-0.3, -0.25) is 0 Å². The van der Waals surface area contributed by atoms with Crippen molar-refractivity contribution in [3.63, 3.8) is 0 Å². The Labute approximate surface area is 129 Å². The maximum Gasteiger partial charge on any atom is 0.243 e. The first-order valence-corrected chi connectivity index (χ1v) is 8.80. The van der Waals surface area contributed by atoms with Crippen molar-refractivity contribution in [1.29, 1.82) is 0 Å². The van der Waals surface area contributed by atoms with Gasteiger partial charge in [0.1, 0.15) is 10.7 Å². The van der Waals surface area contributed by atoms with Gasteiger partial charge in [0, 0.05) is 16.6 Å². The van der Waals surface area contributed by atoms with Crippen LogP contribution in [-0.4, -0.2) is 19.6 Å². The lowest BCUT2D eigenvalue weighted by Crippen LogP contribution is -2.37. The van der Waals surface area contributed by atoms with E-state index in [4.69, 9.17) is 16.7 Å². The summed E-state index contributed by atoms with van der Waals surface area (Å²) in [6, 6.07) is 2.12. The fourth-order valence-electron chi connectivity index (χ4n) is 2.59. The molecule has 1 aliphatic carbocycles. The summed E-state index contributed by atoms with van der Waals surface area (Å²) in [5.41, 5.74) is -0.125. The molecule has 7 heteroatoms. The molecule has 1 aliphatic rings. The highest BCUT2D eigenvalue weighted by Crippen LogP contribution is 2.27. The Balaban J connectivity index is 2.25. The molecule has 1 aromatic carbocycles. The highest BCUT2D eigenvalue weighted by Gasteiger charge is 2.27. The van der Waals surface area contributed by atoms with E-state index in [0.29, 0.717) is 5.92 Å². The lowest BCUT2D eigenvalue weighted by molar-refractivity contribution is 0.274. The quantitative estimate of drug-likeness (QED) is 0.889. The molecule has 4 nitrogen and oxygen atoms in total. The van der Waals surface area contributed by atoms with E-state index in [1.54, 1.807) is 0 Å². The normalized spacial score (nSPS) is 23.2. The SMILES string of the molecule is CC1CCC(NS(=O)(=O)c2cc(Cl)cc(CO)c2F)CC1. The van der Waals surface area contributed by atoms with Gasteiger partial charge in [-0.25, -0.2) is 17.5 Å². The van der Waals surface area contributed by atoms with Crippen molar-refractivity contribution >= 4 is 21.6 Å². The summed E-state index contributed by atoms with van der Waals surface area (Å²) >= 11 is 5.80. The molecule has 2 N–H and O–H groups in total. The maximum absolute atomic E-state index is 14.1. The summed E-state index contributed by atoms with van der Waals surface area (Å²) in [6.07, 6.45) is 3.39. The van der Waals surface area contributed by atoms with Gasteiger partial charge in [-0.1, -0.05) is 18.5 Å². The van der Waals surface area contributed by atoms with E-state index < -0.39 is 27.3 Å². The molecular weight excluding hydrogens is 317 g/mol. The van der Waals surface area contributed by atoms with Gasteiger partial charge in [0.25, 0.3) is 0 Å². The van der Waals surface area contributed by atoms with Gasteiger partial charge in [-0.05, 0) is 43.7 Å². The molecule has 0 radical (unpaired) electrons. The molecule has 1 saturated carbocycles. The van der Waals surface area contributed by atoms with Gasteiger partial charge >= 0.3 is 0 Å². The number of aliphatic hydroxyl groups excluding tert-OH is 1. The van der Waals surface area contributed by atoms with E-state index in [-0.39, 0.29) is 16.6 Å². The summed E-state index contributed by atoms with van der Waals surface area (Å²) in [5.74, 6) is -0.353. The standard InChI is InChI=1S/C14H19ClFNO3S/c1-9-2-4-12(5-3-9)17-21(19,20)13-7-11(15)6-10(8-18)14(13)16/h6-7,9,12,17-18H,2-5,8H2,1H3. The summed E-state index contributed by atoms with van der Waals surface area (Å²) < 4.78 is 41.3. The maximum atomic E-state index is 14.1. The number of rotatable bonds is 4. The van der Waals surface area contributed by atoms with Gasteiger partial charge in [0.05, 0.1) is 6.61 Å². The van der Waals surface area contributed by atoms with Crippen LogP contribution in [0.15, 0.2) is 17.0 Å². The molecule has 118 valence electrons. The van der Waals surface area contributed by atoms with Crippen LogP contribution >= 0.6 is 11.6 Å². The Morgan fingerprint density at radius 1 is 1.33 bits per heavy atom. The van der Waals surface area contributed by atoms with E-state index in [1.807, 2.05) is 0 Å². The molecule has 0 bridgehead atoms. The molecule has 0 heterocycles. The van der Waals surface area contributed by atoms with Crippen molar-refractivity contribution in [2.24, 2.45) is 5.92 Å². The van der Waals surface area contributed by atoms with Gasteiger partial charge in [0.2, 0.25) is 10.0 Å². The molecule has 1 fully saturated rings. The number of halogens is 2. The minimum absolute atomic E-state index is 0.0816. The fourth-order valence-corrected chi connectivity index (χ4v) is 4.35. The lowest BCUT2D eigenvalue weighted by atomic mass is 9.88. The van der Waals surface area contributed by atoms with Crippen molar-refractivity contribution in [2.45, 2.75) is 50.2 Å². The molecule has 0 spiro atoms. The summed E-state index contributed by atoms with van der Waals surface area (Å²) in [6.45, 7) is 1.53. The Kier molecular flexibility index (Phi) is 5.24. The number of benzene rings is 1. The molecule has 0 amide bonds. The molecule has 0 saturated heterocycles. The minimum Gasteiger partial charge on any atom is -0.392 e. The average molecular weight is 336 g/mol. The largest absolute Gasteiger partial charge is 0.392 e. The van der Waals surface area contributed by atoms with E-state index in [9.17, 15) is 12.8 Å². The number of aliphatic hydroxyl groups is 1. The van der Waals surface area contributed by atoms with Crippen molar-refractivity contribution in [2.75, 3.05) is 0 Å². The number of sulfonamides is 1. The fraction of sp³-hybridized carbons (Fsp3) is 0.571. The van der Waals surface area contributed by atoms with E-state index in [0.717, 1.165) is 31.7 Å². The zero-order valence-corrected chi connectivity index (χ0v) is 13.3. The summed E-state index contributed by atoms with van der Waals surface area (Å²) in [5, 5.41) is 9.15. The third-order valence-corrected chi connectivity index (χ3v) is 5.61. The first-order valence-electron chi connectivity index (χ1n) is 6.94. The van der Waals surface area contributed by atoms with Gasteiger partial charge in [0.15, 0.2) is 0 Å². The number of nitrogens with one attached hydrogen (secondary N) is 1. The monoisotopic (exact) mass is 335 g/mol. The van der Waals surface area contributed by atoms with Crippen molar-refractivity contribution < 1.29 is 17.9 Å². The predicted molar refractivity (Wildman–Crippen MR) is 79.1 cm³/mol. The highest BCUT2D eigenvalue weighted by molar-refractivity contribution is 7.89. The molecule has 1 aromatic rings. The predicted octanol–water partition coefficient (Wildman–Crippen LogP) is 2.83. The number of hydrogen-bond donors (Lipinski definition) is 2. The Morgan fingerprint density at radius 3 is 2.52 bits per heavy atom. The van der Waals surface area contributed by atoms with Gasteiger partial charge < -0.3 is 5.11 Å². The van der Waals surface area contributed by atoms with Crippen molar-refractivity contribution in [1.82, 2.24) is 4.72 Å². The highest BCUT2D eigenvalue weighted by atomic mass is 35.5. The van der Waals surface area contributed by atoms with Crippen LogP contribution in [0, 0.1) is 11.7 Å². The van der Waals surface area contributed by atoms with Crippen LogP contribution in [0.2, 0.25) is 5.02 Å². The van der Waals surface area contributed by atoms with Gasteiger partial charge in [-0.15, -0.1) is 0 Å². The van der Waals surface area contributed by atoms with Crippen LogP contribution in [-0.2, 0) is 16.6 Å². The second-order valence-corrected chi connectivity index (χ2v) is 7.73. The zero-order valence-electron chi connectivity index (χ0n) is 11.8. The second-order valence-electron chi connectivity index (χ2n) is 5.61. The minimum atomic E-state index is -3.98. The molecule has 2 rings (SSSR count). The summed E-state index contributed by atoms with van der Waals surface area (Å²) in [4.78, 5) is -0.502. The third-order valence-electron chi connectivity index (χ3n) is 3.88. The second kappa shape index (κ2) is 6.60. The molecule has 0 aliphatic heterocycles. The smallest absolute Gasteiger partial charge is 0.243 e. The Hall–Kier alpha value is -0.690. The van der Waals surface area contributed by atoms with E-state index in [1.165, 1.54) is 6.07 Å². The topological polar surface area (TPSA) is 66.4 Å². The first-order chi connectivity index (χ1) is 9.83. The van der Waals surface area contributed by atoms with Crippen LogP contribution in [0.5, 0.6) is 0 Å². The number of hydrogen-bond acceptors (Lipinski definition) is 3. The average Bonchev–Trinajstić information content (AvgIpc) is 2.43.